The summed E-state index contributed by atoms with van der Waals surface area (Å²) in [7, 11) is 0. The van der Waals surface area contributed by atoms with Gasteiger partial charge in [-0.25, -0.2) is 0 Å². The van der Waals surface area contributed by atoms with Gasteiger partial charge in [0, 0.05) is 34.6 Å². The highest BCUT2D eigenvalue weighted by atomic mass is 16.6. The number of amides is 1. The lowest BCUT2D eigenvalue weighted by Crippen LogP contribution is -2.50. The first-order chi connectivity index (χ1) is 11.5. The summed E-state index contributed by atoms with van der Waals surface area (Å²) < 4.78 is 20.5. The van der Waals surface area contributed by atoms with Crippen LogP contribution < -0.4 is 5.32 Å². The first-order valence-corrected chi connectivity index (χ1v) is 7.49. The summed E-state index contributed by atoms with van der Waals surface area (Å²) in [5, 5.41) is 2.48. The number of hydrogen-bond donors (Lipinski definition) is 1. The first-order valence-electron chi connectivity index (χ1n) is 7.49. The van der Waals surface area contributed by atoms with Gasteiger partial charge in [0.15, 0.2) is 24.4 Å². The minimum atomic E-state index is -1.26. The predicted molar refractivity (Wildman–Crippen MR) is 79.8 cm³/mol. The fourth-order valence-electron chi connectivity index (χ4n) is 2.68. The van der Waals surface area contributed by atoms with E-state index in [2.05, 4.69) is 5.32 Å². The van der Waals surface area contributed by atoms with Crippen LogP contribution in [0.2, 0.25) is 0 Å². The molecule has 0 aromatic heterocycles. The Kier molecular flexibility index (Phi) is 6.89. The van der Waals surface area contributed by atoms with Crippen LogP contribution in [0.3, 0.4) is 0 Å². The molecule has 0 aromatic carbocycles. The van der Waals surface area contributed by atoms with E-state index in [-0.39, 0.29) is 0 Å². The molecule has 1 aliphatic rings. The molecular weight excluding hydrogens is 338 g/mol. The largest absolute Gasteiger partial charge is 0.456 e. The van der Waals surface area contributed by atoms with Crippen LogP contribution in [0.15, 0.2) is 0 Å². The molecule has 1 aliphatic carbocycles. The van der Waals surface area contributed by atoms with Crippen molar-refractivity contribution in [3.05, 3.63) is 0 Å². The number of carbonyl (C=O) groups excluding carboxylic acids is 5. The molecule has 10 heteroatoms. The molecule has 0 saturated heterocycles. The van der Waals surface area contributed by atoms with E-state index in [0.717, 1.165) is 27.7 Å². The maximum absolute atomic E-state index is 11.5. The highest BCUT2D eigenvalue weighted by Gasteiger charge is 2.58. The van der Waals surface area contributed by atoms with Gasteiger partial charge >= 0.3 is 23.9 Å². The molecule has 1 fully saturated rings. The van der Waals surface area contributed by atoms with E-state index < -0.39 is 60.2 Å². The van der Waals surface area contributed by atoms with Crippen molar-refractivity contribution in [3.8, 4) is 0 Å². The van der Waals surface area contributed by atoms with Gasteiger partial charge in [0.2, 0.25) is 5.91 Å². The first kappa shape index (κ1) is 20.4. The molecule has 0 bridgehead atoms. The van der Waals surface area contributed by atoms with Crippen LogP contribution in [-0.4, -0.2) is 60.2 Å². The van der Waals surface area contributed by atoms with Gasteiger partial charge in [-0.15, -0.1) is 0 Å². The Morgan fingerprint density at radius 2 is 0.840 bits per heavy atom. The lowest BCUT2D eigenvalue weighted by Gasteiger charge is -2.25. The predicted octanol–water partition coefficient (Wildman–Crippen LogP) is -0.768. The fourth-order valence-corrected chi connectivity index (χ4v) is 2.68. The molecule has 0 aromatic rings. The molecular formula is C15H21NO9. The third kappa shape index (κ3) is 5.73. The minimum Gasteiger partial charge on any atom is -0.456 e. The van der Waals surface area contributed by atoms with E-state index in [1.54, 1.807) is 0 Å². The maximum atomic E-state index is 11.5. The summed E-state index contributed by atoms with van der Waals surface area (Å²) in [5.41, 5.74) is 0. The van der Waals surface area contributed by atoms with Crippen LogP contribution in [0.1, 0.15) is 34.6 Å². The van der Waals surface area contributed by atoms with E-state index in [4.69, 9.17) is 18.9 Å². The van der Waals surface area contributed by atoms with E-state index in [1.807, 2.05) is 0 Å². The highest BCUT2D eigenvalue weighted by molar-refractivity contribution is 5.74. The van der Waals surface area contributed by atoms with Crippen molar-refractivity contribution in [2.24, 2.45) is 0 Å². The Labute approximate surface area is 144 Å². The summed E-state index contributed by atoms with van der Waals surface area (Å²) in [6, 6.07) is -1.07. The van der Waals surface area contributed by atoms with Crippen LogP contribution >= 0.6 is 0 Å². The van der Waals surface area contributed by atoms with Crippen molar-refractivity contribution < 1.29 is 42.9 Å². The minimum absolute atomic E-state index is 0.510. The number of nitrogens with one attached hydrogen (secondary N) is 1. The van der Waals surface area contributed by atoms with Gasteiger partial charge in [-0.1, -0.05) is 0 Å². The fraction of sp³-hybridized carbons (Fsp3) is 0.667. The topological polar surface area (TPSA) is 134 Å². The number of hydrogen-bond acceptors (Lipinski definition) is 9. The van der Waals surface area contributed by atoms with Gasteiger partial charge in [-0.05, 0) is 0 Å². The van der Waals surface area contributed by atoms with Crippen LogP contribution in [-0.2, 0) is 42.9 Å². The van der Waals surface area contributed by atoms with Crippen molar-refractivity contribution in [1.29, 1.82) is 0 Å². The lowest BCUT2D eigenvalue weighted by molar-refractivity contribution is -0.180. The van der Waals surface area contributed by atoms with Crippen molar-refractivity contribution in [2.75, 3.05) is 0 Å². The van der Waals surface area contributed by atoms with Crippen molar-refractivity contribution >= 4 is 29.8 Å². The smallest absolute Gasteiger partial charge is 0.303 e. The van der Waals surface area contributed by atoms with Crippen molar-refractivity contribution in [1.82, 2.24) is 5.32 Å². The summed E-state index contributed by atoms with van der Waals surface area (Å²) in [5.74, 6) is -3.41. The van der Waals surface area contributed by atoms with Gasteiger partial charge in [0.1, 0.15) is 6.04 Å². The zero-order valence-electron chi connectivity index (χ0n) is 14.6. The molecule has 25 heavy (non-hydrogen) atoms. The summed E-state index contributed by atoms with van der Waals surface area (Å²) in [4.78, 5) is 57.2. The van der Waals surface area contributed by atoms with E-state index in [1.165, 1.54) is 6.92 Å². The van der Waals surface area contributed by atoms with E-state index in [9.17, 15) is 24.0 Å². The van der Waals surface area contributed by atoms with Crippen LogP contribution in [0, 0.1) is 0 Å². The Hall–Kier alpha value is -2.65. The van der Waals surface area contributed by atoms with Gasteiger partial charge in [-0.2, -0.15) is 0 Å². The number of esters is 4. The second-order valence-electron chi connectivity index (χ2n) is 5.52. The lowest BCUT2D eigenvalue weighted by atomic mass is 10.1. The summed E-state index contributed by atoms with van der Waals surface area (Å²) in [6.07, 6.45) is -4.93. The Balaban J connectivity index is 3.34. The van der Waals surface area contributed by atoms with Crippen molar-refractivity contribution in [3.63, 3.8) is 0 Å². The average molecular weight is 359 g/mol. The molecule has 1 rings (SSSR count). The molecule has 0 radical (unpaired) electrons. The summed E-state index contributed by atoms with van der Waals surface area (Å²) >= 11 is 0. The van der Waals surface area contributed by atoms with E-state index >= 15 is 0 Å². The average Bonchev–Trinajstić information content (AvgIpc) is 2.63. The van der Waals surface area contributed by atoms with Gasteiger partial charge in [-0.3, -0.25) is 24.0 Å². The molecule has 0 spiro atoms. The molecule has 1 N–H and O–H groups in total. The molecule has 0 aliphatic heterocycles. The number of carbonyl (C=O) groups is 5. The SMILES string of the molecule is CC(=O)NC1[C@H](OC(C)=O)[C@@H](OC(C)=O)[C@H](OC(C)=O)[C@H]1OC(C)=O. The van der Waals surface area contributed by atoms with Crippen LogP contribution in [0.4, 0.5) is 0 Å². The zero-order valence-corrected chi connectivity index (χ0v) is 14.6. The zero-order chi connectivity index (χ0) is 19.3. The highest BCUT2D eigenvalue weighted by Crippen LogP contribution is 2.32. The maximum Gasteiger partial charge on any atom is 0.303 e. The molecule has 140 valence electrons. The molecule has 1 amide bonds. The Bertz CT molecular complexity index is 447. The summed E-state index contributed by atoms with van der Waals surface area (Å²) in [6.45, 7) is 5.67. The molecule has 10 nitrogen and oxygen atoms in total. The van der Waals surface area contributed by atoms with E-state index in [0.29, 0.717) is 0 Å². The van der Waals surface area contributed by atoms with Crippen LogP contribution in [0.5, 0.6) is 0 Å². The van der Waals surface area contributed by atoms with Gasteiger partial charge < -0.3 is 24.3 Å². The second kappa shape index (κ2) is 8.45. The molecule has 4 atom stereocenters. The standard InChI is InChI=1S/C15H21NO9/c1-6(17)16-11-12(22-7(2)18)14(24-9(4)20)15(25-10(5)21)13(11)23-8(3)19/h11-15H,1-5H3,(H,16,17)/t12-,13-,14+,15+/m0/s1. The Morgan fingerprint density at radius 1 is 0.560 bits per heavy atom. The third-order valence-electron chi connectivity index (χ3n) is 3.26. The number of rotatable bonds is 5. The second-order valence-corrected chi connectivity index (χ2v) is 5.52. The number of ether oxygens (including phenoxy) is 4. The normalized spacial score (nSPS) is 25.6. The van der Waals surface area contributed by atoms with Crippen molar-refractivity contribution in [2.45, 2.75) is 65.1 Å². The van der Waals surface area contributed by atoms with Gasteiger partial charge in [0.05, 0.1) is 0 Å². The Morgan fingerprint density at radius 3 is 1.08 bits per heavy atom. The molecule has 1 saturated carbocycles. The quantitative estimate of drug-likeness (QED) is 0.496. The monoisotopic (exact) mass is 359 g/mol. The van der Waals surface area contributed by atoms with Gasteiger partial charge in [0.25, 0.3) is 0 Å². The molecule has 0 unspecified atom stereocenters. The molecule has 0 heterocycles. The van der Waals surface area contributed by atoms with Crippen LogP contribution in [0.25, 0.3) is 0 Å². The third-order valence-corrected chi connectivity index (χ3v) is 3.26.